The molecule has 0 radical (unpaired) electrons. The van der Waals surface area contributed by atoms with E-state index in [1.165, 1.54) is 6.42 Å². The van der Waals surface area contributed by atoms with Gasteiger partial charge in [-0.15, -0.1) is 0 Å². The van der Waals surface area contributed by atoms with E-state index in [0.29, 0.717) is 17.5 Å². The number of anilines is 1. The van der Waals surface area contributed by atoms with Crippen LogP contribution in [0.15, 0.2) is 28.7 Å². The Labute approximate surface area is 123 Å². The fourth-order valence-corrected chi connectivity index (χ4v) is 2.55. The molecule has 5 heteroatoms. The predicted molar refractivity (Wildman–Crippen MR) is 79.3 cm³/mol. The van der Waals surface area contributed by atoms with Gasteiger partial charge in [0.1, 0.15) is 11.8 Å². The fraction of sp³-hybridized carbons (Fsp3) is 0.375. The molecule has 0 unspecified atom stereocenters. The van der Waals surface area contributed by atoms with Crippen LogP contribution in [0.4, 0.5) is 5.88 Å². The van der Waals surface area contributed by atoms with Crippen LogP contribution >= 0.6 is 0 Å². The minimum atomic E-state index is 0.364. The van der Waals surface area contributed by atoms with Gasteiger partial charge in [-0.3, -0.25) is 0 Å². The Morgan fingerprint density at radius 3 is 2.52 bits per heavy atom. The van der Waals surface area contributed by atoms with Crippen LogP contribution in [0.25, 0.3) is 11.5 Å². The number of piperidine rings is 1. The van der Waals surface area contributed by atoms with E-state index < -0.39 is 0 Å². The van der Waals surface area contributed by atoms with E-state index in [-0.39, 0.29) is 0 Å². The third-order valence-electron chi connectivity index (χ3n) is 3.70. The fourth-order valence-electron chi connectivity index (χ4n) is 2.55. The highest BCUT2D eigenvalue weighted by atomic mass is 16.5. The maximum Gasteiger partial charge on any atom is 0.235 e. The molecule has 0 aliphatic carbocycles. The molecule has 1 aromatic heterocycles. The van der Waals surface area contributed by atoms with Crippen molar-refractivity contribution in [1.29, 1.82) is 5.26 Å². The lowest BCUT2D eigenvalue weighted by Gasteiger charge is -2.25. The summed E-state index contributed by atoms with van der Waals surface area (Å²) in [6, 6.07) is 9.60. The molecule has 108 valence electrons. The second-order valence-corrected chi connectivity index (χ2v) is 5.06. The van der Waals surface area contributed by atoms with Crippen molar-refractivity contribution in [2.75, 3.05) is 25.1 Å². The highest BCUT2D eigenvalue weighted by Gasteiger charge is 2.21. The van der Waals surface area contributed by atoms with Crippen LogP contribution < -0.4 is 9.64 Å². The lowest BCUT2D eigenvalue weighted by molar-refractivity contribution is 0.415. The van der Waals surface area contributed by atoms with Crippen LogP contribution in [0.1, 0.15) is 25.0 Å². The molecular formula is C16H17N3O2. The molecule has 3 rings (SSSR count). The number of nitrogens with zero attached hydrogens (tertiary/aromatic N) is 3. The number of benzene rings is 1. The molecule has 0 spiro atoms. The molecule has 5 nitrogen and oxygen atoms in total. The van der Waals surface area contributed by atoms with Crippen molar-refractivity contribution >= 4 is 5.88 Å². The van der Waals surface area contributed by atoms with Crippen molar-refractivity contribution in [3.63, 3.8) is 0 Å². The van der Waals surface area contributed by atoms with Gasteiger partial charge in [0.25, 0.3) is 0 Å². The molecule has 1 fully saturated rings. The van der Waals surface area contributed by atoms with Gasteiger partial charge in [-0.1, -0.05) is 0 Å². The van der Waals surface area contributed by atoms with Crippen LogP contribution in [0.2, 0.25) is 0 Å². The Morgan fingerprint density at radius 1 is 1.19 bits per heavy atom. The summed E-state index contributed by atoms with van der Waals surface area (Å²) in [4.78, 5) is 6.43. The molecule has 0 bridgehead atoms. The third kappa shape index (κ3) is 2.70. The summed E-state index contributed by atoms with van der Waals surface area (Å²) < 4.78 is 11.0. The van der Waals surface area contributed by atoms with Crippen LogP contribution in [0.3, 0.4) is 0 Å². The average Bonchev–Trinajstić information content (AvgIpc) is 3.00. The first-order chi connectivity index (χ1) is 10.3. The molecule has 2 aromatic rings. The molecule has 2 heterocycles. The Morgan fingerprint density at radius 2 is 1.90 bits per heavy atom. The minimum Gasteiger partial charge on any atom is -0.497 e. The highest BCUT2D eigenvalue weighted by molar-refractivity contribution is 5.60. The van der Waals surface area contributed by atoms with Gasteiger partial charge in [-0.2, -0.15) is 10.2 Å². The molecule has 0 amide bonds. The van der Waals surface area contributed by atoms with Gasteiger partial charge in [0.15, 0.2) is 0 Å². The SMILES string of the molecule is COc1ccc(-c2nc(C#N)c(N3CCCCC3)o2)cc1. The molecule has 1 aromatic carbocycles. The van der Waals surface area contributed by atoms with E-state index in [1.54, 1.807) is 7.11 Å². The van der Waals surface area contributed by atoms with Gasteiger partial charge < -0.3 is 14.1 Å². The van der Waals surface area contributed by atoms with Crippen molar-refractivity contribution in [3.05, 3.63) is 30.0 Å². The number of rotatable bonds is 3. The van der Waals surface area contributed by atoms with Gasteiger partial charge in [0, 0.05) is 18.7 Å². The Kier molecular flexibility index (Phi) is 3.78. The van der Waals surface area contributed by atoms with Crippen molar-refractivity contribution in [2.45, 2.75) is 19.3 Å². The van der Waals surface area contributed by atoms with Crippen LogP contribution in [-0.2, 0) is 0 Å². The van der Waals surface area contributed by atoms with Gasteiger partial charge in [-0.05, 0) is 43.5 Å². The number of ether oxygens (including phenoxy) is 1. The highest BCUT2D eigenvalue weighted by Crippen LogP contribution is 2.30. The Bertz CT molecular complexity index is 649. The van der Waals surface area contributed by atoms with E-state index in [0.717, 1.165) is 37.2 Å². The Balaban J connectivity index is 1.92. The summed E-state index contributed by atoms with van der Waals surface area (Å²) >= 11 is 0. The van der Waals surface area contributed by atoms with E-state index >= 15 is 0 Å². The first kappa shape index (κ1) is 13.5. The van der Waals surface area contributed by atoms with Crippen LogP contribution in [0.5, 0.6) is 5.75 Å². The topological polar surface area (TPSA) is 62.3 Å². The van der Waals surface area contributed by atoms with Crippen molar-refractivity contribution in [2.24, 2.45) is 0 Å². The number of nitriles is 1. The Hall–Kier alpha value is -2.48. The lowest BCUT2D eigenvalue weighted by Crippen LogP contribution is -2.29. The second kappa shape index (κ2) is 5.88. The zero-order valence-corrected chi connectivity index (χ0v) is 12.0. The predicted octanol–water partition coefficient (Wildman–Crippen LogP) is 3.21. The number of oxazole rings is 1. The number of methoxy groups -OCH3 is 1. The molecule has 21 heavy (non-hydrogen) atoms. The minimum absolute atomic E-state index is 0.364. The standard InChI is InChI=1S/C16H17N3O2/c1-20-13-7-5-12(6-8-13)15-18-14(11-17)16(21-15)19-9-3-2-4-10-19/h5-8H,2-4,9-10H2,1H3. The normalized spacial score (nSPS) is 14.8. The van der Waals surface area contributed by atoms with E-state index in [4.69, 9.17) is 9.15 Å². The maximum absolute atomic E-state index is 9.27. The zero-order chi connectivity index (χ0) is 14.7. The average molecular weight is 283 g/mol. The smallest absolute Gasteiger partial charge is 0.235 e. The first-order valence-corrected chi connectivity index (χ1v) is 7.12. The van der Waals surface area contributed by atoms with Crippen LogP contribution in [0, 0.1) is 11.3 Å². The van der Waals surface area contributed by atoms with Crippen molar-refractivity contribution in [1.82, 2.24) is 4.98 Å². The molecule has 0 N–H and O–H groups in total. The van der Waals surface area contributed by atoms with Crippen LogP contribution in [-0.4, -0.2) is 25.2 Å². The van der Waals surface area contributed by atoms with Crippen molar-refractivity contribution < 1.29 is 9.15 Å². The maximum atomic E-state index is 9.27. The first-order valence-electron chi connectivity index (χ1n) is 7.12. The quantitative estimate of drug-likeness (QED) is 0.865. The summed E-state index contributed by atoms with van der Waals surface area (Å²) in [5.41, 5.74) is 1.21. The summed E-state index contributed by atoms with van der Waals surface area (Å²) in [7, 11) is 1.63. The number of aromatic nitrogens is 1. The molecule has 1 saturated heterocycles. The number of hydrogen-bond donors (Lipinski definition) is 0. The van der Waals surface area contributed by atoms with E-state index in [1.807, 2.05) is 24.3 Å². The van der Waals surface area contributed by atoms with Gasteiger partial charge in [-0.25, -0.2) is 0 Å². The van der Waals surface area contributed by atoms with Crippen molar-refractivity contribution in [3.8, 4) is 23.3 Å². The summed E-state index contributed by atoms with van der Waals surface area (Å²) in [5, 5.41) is 9.27. The molecule has 0 atom stereocenters. The number of hydrogen-bond acceptors (Lipinski definition) is 5. The van der Waals surface area contributed by atoms with Gasteiger partial charge in [0.2, 0.25) is 17.5 Å². The van der Waals surface area contributed by atoms with Gasteiger partial charge in [0.05, 0.1) is 7.11 Å². The van der Waals surface area contributed by atoms with E-state index in [2.05, 4.69) is 16.0 Å². The summed E-state index contributed by atoms with van der Waals surface area (Å²) in [6.45, 7) is 1.85. The molecule has 1 aliphatic heterocycles. The monoisotopic (exact) mass is 283 g/mol. The van der Waals surface area contributed by atoms with E-state index in [9.17, 15) is 5.26 Å². The second-order valence-electron chi connectivity index (χ2n) is 5.06. The molecule has 0 saturated carbocycles. The zero-order valence-electron chi connectivity index (χ0n) is 12.0. The van der Waals surface area contributed by atoms with Gasteiger partial charge >= 0.3 is 0 Å². The summed E-state index contributed by atoms with van der Waals surface area (Å²) in [6.07, 6.45) is 3.49. The molecule has 1 aliphatic rings. The molecular weight excluding hydrogens is 266 g/mol. The lowest BCUT2D eigenvalue weighted by atomic mass is 10.1. The summed E-state index contributed by atoms with van der Waals surface area (Å²) in [5.74, 6) is 1.86. The largest absolute Gasteiger partial charge is 0.497 e. The third-order valence-corrected chi connectivity index (χ3v) is 3.70.